The normalized spacial score (nSPS) is 15.3. The molecule has 5 rings (SSSR count). The number of amides is 1. The van der Waals surface area contributed by atoms with Gasteiger partial charge in [0.25, 0.3) is 5.91 Å². The van der Waals surface area contributed by atoms with Gasteiger partial charge in [-0.25, -0.2) is 0 Å². The Hall–Kier alpha value is -3.60. The summed E-state index contributed by atoms with van der Waals surface area (Å²) in [6.45, 7) is 2.28. The van der Waals surface area contributed by atoms with Gasteiger partial charge in [-0.15, -0.1) is 0 Å². The van der Waals surface area contributed by atoms with Crippen molar-refractivity contribution in [3.63, 3.8) is 0 Å². The van der Waals surface area contributed by atoms with Crippen molar-refractivity contribution in [2.24, 2.45) is 0 Å². The third kappa shape index (κ3) is 3.54. The molecular weight excluding hydrogens is 402 g/mol. The fourth-order valence-electron chi connectivity index (χ4n) is 4.53. The van der Waals surface area contributed by atoms with Crippen LogP contribution in [0.1, 0.15) is 41.3 Å². The predicted molar refractivity (Wildman–Crippen MR) is 124 cm³/mol. The van der Waals surface area contributed by atoms with E-state index in [1.54, 1.807) is 13.1 Å². The van der Waals surface area contributed by atoms with Gasteiger partial charge in [0.15, 0.2) is 11.5 Å². The van der Waals surface area contributed by atoms with Gasteiger partial charge in [0, 0.05) is 20.5 Å². The fraction of sp³-hybridized carbons (Fsp3) is 0.259. The maximum Gasteiger partial charge on any atom is 0.251 e. The van der Waals surface area contributed by atoms with E-state index in [0.717, 1.165) is 52.2 Å². The number of hydrogen-bond acceptors (Lipinski definition) is 4. The Bertz CT molecular complexity index is 1230. The minimum Gasteiger partial charge on any atom is -0.454 e. The van der Waals surface area contributed by atoms with Crippen LogP contribution in [0.15, 0.2) is 60.7 Å². The van der Waals surface area contributed by atoms with Crippen molar-refractivity contribution < 1.29 is 20.5 Å². The van der Waals surface area contributed by atoms with E-state index in [9.17, 15) is 9.59 Å². The lowest BCUT2D eigenvalue weighted by Crippen LogP contribution is -2.22. The van der Waals surface area contributed by atoms with Gasteiger partial charge in [-0.2, -0.15) is 0 Å². The Morgan fingerprint density at radius 2 is 1.81 bits per heavy atom. The highest BCUT2D eigenvalue weighted by molar-refractivity contribution is 5.96. The molecule has 1 aliphatic carbocycles. The third-order valence-corrected chi connectivity index (χ3v) is 6.53. The summed E-state index contributed by atoms with van der Waals surface area (Å²) in [5.74, 6) is 1.60. The van der Waals surface area contributed by atoms with E-state index in [4.69, 9.17) is 9.47 Å². The second-order valence-corrected chi connectivity index (χ2v) is 8.56. The van der Waals surface area contributed by atoms with Crippen molar-refractivity contribution in [3.05, 3.63) is 82.9 Å². The number of carbonyl (C=O) groups is 2. The van der Waals surface area contributed by atoms with Gasteiger partial charge in [-0.3, -0.25) is 9.59 Å². The molecule has 0 unspecified atom stereocenters. The first-order valence-electron chi connectivity index (χ1n) is 10.9. The Kier molecular flexibility index (Phi) is 4.97. The maximum atomic E-state index is 13.3. The first-order valence-corrected chi connectivity index (χ1v) is 10.9. The zero-order chi connectivity index (χ0) is 22.3. The van der Waals surface area contributed by atoms with Gasteiger partial charge in [0.2, 0.25) is 6.79 Å². The van der Waals surface area contributed by atoms with Gasteiger partial charge < -0.3 is 14.8 Å². The molecule has 0 bridgehead atoms. The van der Waals surface area contributed by atoms with Crippen LogP contribution in [0.2, 0.25) is 0 Å². The van der Waals surface area contributed by atoms with E-state index < -0.39 is 5.41 Å². The molecule has 0 spiro atoms. The van der Waals surface area contributed by atoms with E-state index in [1.165, 1.54) is 0 Å². The lowest BCUT2D eigenvalue weighted by Gasteiger charge is -2.16. The Labute approximate surface area is 188 Å². The van der Waals surface area contributed by atoms with E-state index in [1.807, 2.05) is 55.5 Å². The monoisotopic (exact) mass is 429 g/mol. The molecule has 0 atom stereocenters. The largest absolute Gasteiger partial charge is 0.454 e. The molecule has 0 radical (unpaired) electrons. The number of benzene rings is 3. The summed E-state index contributed by atoms with van der Waals surface area (Å²) in [7, 11) is 1.63. The smallest absolute Gasteiger partial charge is 0.251 e. The molecule has 5 heteroatoms. The molecule has 3 aromatic rings. The van der Waals surface area contributed by atoms with Gasteiger partial charge in [-0.05, 0) is 71.8 Å². The van der Waals surface area contributed by atoms with Crippen molar-refractivity contribution in [2.75, 3.05) is 13.8 Å². The van der Waals surface area contributed by atoms with E-state index in [0.29, 0.717) is 12.0 Å². The number of hydrogen-bond donors (Lipinski definition) is 1. The molecule has 1 aliphatic heterocycles. The first-order chi connectivity index (χ1) is 15.5. The number of Topliss-reactive ketones (excluding diaryl/α,β-unsaturated/α-hetero) is 1. The van der Waals surface area contributed by atoms with Crippen LogP contribution in [0.3, 0.4) is 0 Å². The standard InChI is InChI=1S/C27H25NO4.H2/c1-17-12-18(6-8-22(17)19-4-3-5-20(14-19)26(30)28-2)13-25(29)27(10-11-27)21-7-9-23-24(15-21)32-16-31-23;/h3-9,12,14-15H,10-11,13,16H2,1-2H3,(H,28,30);1H. The fourth-order valence-corrected chi connectivity index (χ4v) is 4.53. The summed E-state index contributed by atoms with van der Waals surface area (Å²) in [5, 5.41) is 2.66. The average molecular weight is 430 g/mol. The van der Waals surface area contributed by atoms with Crippen LogP contribution in [0.4, 0.5) is 0 Å². The average Bonchev–Trinajstić information content (AvgIpc) is 3.49. The van der Waals surface area contributed by atoms with Gasteiger partial charge in [-0.1, -0.05) is 36.4 Å². The van der Waals surface area contributed by atoms with Crippen molar-refractivity contribution in [2.45, 2.75) is 31.6 Å². The maximum absolute atomic E-state index is 13.3. The molecule has 164 valence electrons. The zero-order valence-electron chi connectivity index (χ0n) is 18.2. The van der Waals surface area contributed by atoms with Crippen LogP contribution in [-0.2, 0) is 16.6 Å². The van der Waals surface area contributed by atoms with Crippen LogP contribution in [0.5, 0.6) is 11.5 Å². The molecular formula is C27H27NO4. The molecule has 1 fully saturated rings. The van der Waals surface area contributed by atoms with Gasteiger partial charge in [0.1, 0.15) is 5.78 Å². The second-order valence-electron chi connectivity index (χ2n) is 8.56. The van der Waals surface area contributed by atoms with Gasteiger partial charge in [0.05, 0.1) is 5.41 Å². The number of ketones is 1. The number of aryl methyl sites for hydroxylation is 1. The minimum absolute atomic E-state index is 0. The zero-order valence-corrected chi connectivity index (χ0v) is 18.2. The number of ether oxygens (including phenoxy) is 2. The quantitative estimate of drug-likeness (QED) is 0.609. The summed E-state index contributed by atoms with van der Waals surface area (Å²) in [4.78, 5) is 25.3. The second kappa shape index (κ2) is 7.83. The summed E-state index contributed by atoms with van der Waals surface area (Å²) < 4.78 is 10.9. The highest BCUT2D eigenvalue weighted by Crippen LogP contribution is 2.51. The molecule has 3 aromatic carbocycles. The lowest BCUT2D eigenvalue weighted by atomic mass is 9.87. The summed E-state index contributed by atoms with van der Waals surface area (Å²) in [6.07, 6.45) is 2.14. The summed E-state index contributed by atoms with van der Waals surface area (Å²) in [5.41, 5.74) is 5.37. The topological polar surface area (TPSA) is 64.6 Å². The molecule has 0 aromatic heterocycles. The molecule has 1 saturated carbocycles. The van der Waals surface area contributed by atoms with Crippen molar-refractivity contribution in [1.82, 2.24) is 5.32 Å². The summed E-state index contributed by atoms with van der Waals surface area (Å²) in [6, 6.07) is 19.6. The van der Waals surface area contributed by atoms with Crippen LogP contribution < -0.4 is 14.8 Å². The van der Waals surface area contributed by atoms with E-state index in [-0.39, 0.29) is 19.9 Å². The van der Waals surface area contributed by atoms with Crippen LogP contribution in [-0.4, -0.2) is 25.5 Å². The lowest BCUT2D eigenvalue weighted by molar-refractivity contribution is -0.120. The molecule has 1 N–H and O–H groups in total. The van der Waals surface area contributed by atoms with Crippen LogP contribution >= 0.6 is 0 Å². The molecule has 5 nitrogen and oxygen atoms in total. The number of fused-ring (bicyclic) bond motifs is 1. The molecule has 2 aliphatic rings. The third-order valence-electron chi connectivity index (χ3n) is 6.53. The van der Waals surface area contributed by atoms with Crippen LogP contribution in [0, 0.1) is 6.92 Å². The number of carbonyl (C=O) groups excluding carboxylic acids is 2. The number of nitrogens with one attached hydrogen (secondary N) is 1. The summed E-state index contributed by atoms with van der Waals surface area (Å²) >= 11 is 0. The van der Waals surface area contributed by atoms with Crippen molar-refractivity contribution >= 4 is 11.7 Å². The van der Waals surface area contributed by atoms with E-state index >= 15 is 0 Å². The Balaban J connectivity index is 0.00000259. The molecule has 0 saturated heterocycles. The Morgan fingerprint density at radius 3 is 2.56 bits per heavy atom. The van der Waals surface area contributed by atoms with Crippen LogP contribution in [0.25, 0.3) is 11.1 Å². The Morgan fingerprint density at radius 1 is 1.00 bits per heavy atom. The molecule has 32 heavy (non-hydrogen) atoms. The molecule has 1 heterocycles. The highest BCUT2D eigenvalue weighted by atomic mass is 16.7. The van der Waals surface area contributed by atoms with Crippen molar-refractivity contribution in [3.8, 4) is 22.6 Å². The highest BCUT2D eigenvalue weighted by Gasteiger charge is 2.50. The van der Waals surface area contributed by atoms with Gasteiger partial charge >= 0.3 is 0 Å². The first kappa shape index (κ1) is 20.3. The van der Waals surface area contributed by atoms with E-state index in [2.05, 4.69) is 11.4 Å². The molecule has 1 amide bonds. The predicted octanol–water partition coefficient (Wildman–Crippen LogP) is 4.84. The SMILES string of the molecule is CNC(=O)c1cccc(-c2ccc(CC(=O)C3(c4ccc5c(c4)OCO5)CC3)cc2C)c1.[HH]. The van der Waals surface area contributed by atoms with Crippen molar-refractivity contribution in [1.29, 1.82) is 0 Å². The minimum atomic E-state index is -0.407. The number of rotatable bonds is 6.